The number of para-hydroxylation sites is 2. The van der Waals surface area contributed by atoms with Crippen LogP contribution in [0.3, 0.4) is 0 Å². The lowest BCUT2D eigenvalue weighted by Crippen LogP contribution is -2.57. The molecule has 4 heteroatoms. The number of hydrogen-bond donors (Lipinski definition) is 0. The number of fused-ring (bicyclic) bond motifs is 4. The number of nitrogens with zero attached hydrogens (tertiary/aromatic N) is 1. The van der Waals surface area contributed by atoms with Crippen LogP contribution in [0.4, 0.5) is 17.1 Å². The van der Waals surface area contributed by atoms with Crippen LogP contribution in [-0.2, 0) is 0 Å². The van der Waals surface area contributed by atoms with Gasteiger partial charge in [-0.15, -0.1) is 0 Å². The molecule has 10 rings (SSSR count). The molecular formula is C48H32BNO2. The highest BCUT2D eigenvalue weighted by Crippen LogP contribution is 2.45. The van der Waals surface area contributed by atoms with E-state index < -0.39 is 0 Å². The van der Waals surface area contributed by atoms with Crippen LogP contribution in [0.25, 0.3) is 33.4 Å². The standard InChI is InChI=1S/C48H32BNO2/c1-5-15-33(16-6-1)36-25-27-41-44(29-36)51-46-31-39(32-47-48(46)49(41)42-28-26-37(30-45(42)52-47)34-17-7-2-8-18-34)50(38-21-11-4-12-22-38)43-24-14-13-23-40(43)35-19-9-3-10-20-35/h1-32H. The van der Waals surface area contributed by atoms with Gasteiger partial charge in [0.2, 0.25) is 0 Å². The Bertz CT molecular complexity index is 2460. The molecule has 2 aliphatic heterocycles. The highest BCUT2D eigenvalue weighted by atomic mass is 16.5. The minimum Gasteiger partial charge on any atom is -0.458 e. The van der Waals surface area contributed by atoms with Gasteiger partial charge in [0, 0.05) is 28.8 Å². The lowest BCUT2D eigenvalue weighted by Gasteiger charge is -2.35. The fourth-order valence-electron chi connectivity index (χ4n) is 7.76. The van der Waals surface area contributed by atoms with Crippen molar-refractivity contribution < 1.29 is 9.47 Å². The summed E-state index contributed by atoms with van der Waals surface area (Å²) in [6.07, 6.45) is 0. The predicted octanol–water partition coefficient (Wildman–Crippen LogP) is 10.9. The third-order valence-corrected chi connectivity index (χ3v) is 10.2. The summed E-state index contributed by atoms with van der Waals surface area (Å²) in [5.74, 6) is 3.31. The van der Waals surface area contributed by atoms with E-state index in [4.69, 9.17) is 9.47 Å². The third kappa shape index (κ3) is 5.16. The molecule has 0 spiro atoms. The van der Waals surface area contributed by atoms with Gasteiger partial charge in [-0.25, -0.2) is 0 Å². The van der Waals surface area contributed by atoms with Gasteiger partial charge in [-0.2, -0.15) is 0 Å². The topological polar surface area (TPSA) is 21.7 Å². The maximum absolute atomic E-state index is 6.97. The predicted molar refractivity (Wildman–Crippen MR) is 215 cm³/mol. The van der Waals surface area contributed by atoms with Crippen molar-refractivity contribution in [3.05, 3.63) is 194 Å². The number of benzene rings is 8. The first-order chi connectivity index (χ1) is 25.8. The molecule has 0 aliphatic carbocycles. The summed E-state index contributed by atoms with van der Waals surface area (Å²) >= 11 is 0. The van der Waals surface area contributed by atoms with Crippen LogP contribution in [-0.4, -0.2) is 6.71 Å². The minimum atomic E-state index is -0.0528. The van der Waals surface area contributed by atoms with Gasteiger partial charge in [0.25, 0.3) is 6.71 Å². The van der Waals surface area contributed by atoms with E-state index >= 15 is 0 Å². The van der Waals surface area contributed by atoms with Crippen LogP contribution in [0.5, 0.6) is 23.0 Å². The summed E-state index contributed by atoms with van der Waals surface area (Å²) in [6.45, 7) is -0.0528. The van der Waals surface area contributed by atoms with Crippen molar-refractivity contribution in [1.29, 1.82) is 0 Å². The summed E-state index contributed by atoms with van der Waals surface area (Å²) in [5, 5.41) is 0. The maximum atomic E-state index is 6.97. The second-order valence-corrected chi connectivity index (χ2v) is 13.3. The van der Waals surface area contributed by atoms with Crippen LogP contribution in [0.15, 0.2) is 194 Å². The number of anilines is 3. The van der Waals surface area contributed by atoms with Gasteiger partial charge >= 0.3 is 0 Å². The van der Waals surface area contributed by atoms with E-state index in [0.717, 1.165) is 89.8 Å². The first kappa shape index (κ1) is 30.1. The minimum absolute atomic E-state index is 0.0528. The van der Waals surface area contributed by atoms with Gasteiger partial charge in [-0.3, -0.25) is 0 Å². The van der Waals surface area contributed by atoms with Gasteiger partial charge in [0.1, 0.15) is 23.0 Å². The van der Waals surface area contributed by atoms with Crippen molar-refractivity contribution >= 4 is 40.2 Å². The lowest BCUT2D eigenvalue weighted by molar-refractivity contribution is 0.465. The summed E-state index contributed by atoms with van der Waals surface area (Å²) in [6, 6.07) is 68.3. The highest BCUT2D eigenvalue weighted by Gasteiger charge is 2.41. The molecule has 0 unspecified atom stereocenters. The molecule has 8 aromatic carbocycles. The lowest BCUT2D eigenvalue weighted by atomic mass is 9.34. The fraction of sp³-hybridized carbons (Fsp3) is 0. The van der Waals surface area contributed by atoms with Gasteiger partial charge in [0.05, 0.1) is 11.4 Å². The zero-order valence-corrected chi connectivity index (χ0v) is 28.3. The van der Waals surface area contributed by atoms with Crippen molar-refractivity contribution in [3.8, 4) is 56.4 Å². The maximum Gasteiger partial charge on any atom is 0.260 e. The normalized spacial score (nSPS) is 12.1. The highest BCUT2D eigenvalue weighted by molar-refractivity contribution is 6.98. The Morgan fingerprint density at radius 1 is 0.346 bits per heavy atom. The molecule has 0 fully saturated rings. The van der Waals surface area contributed by atoms with E-state index in [1.54, 1.807) is 0 Å². The molecule has 0 atom stereocenters. The molecule has 0 N–H and O–H groups in total. The summed E-state index contributed by atoms with van der Waals surface area (Å²) in [5.41, 5.74) is 13.2. The first-order valence-electron chi connectivity index (χ1n) is 17.7. The number of ether oxygens (including phenoxy) is 2. The summed E-state index contributed by atoms with van der Waals surface area (Å²) < 4.78 is 13.9. The van der Waals surface area contributed by atoms with E-state index in [1.807, 2.05) is 0 Å². The van der Waals surface area contributed by atoms with Gasteiger partial charge in [-0.05, 0) is 69.1 Å². The fourth-order valence-corrected chi connectivity index (χ4v) is 7.76. The average Bonchev–Trinajstić information content (AvgIpc) is 3.22. The Hall–Kier alpha value is -6.78. The third-order valence-electron chi connectivity index (χ3n) is 10.2. The molecule has 0 saturated heterocycles. The Kier molecular flexibility index (Phi) is 7.25. The van der Waals surface area contributed by atoms with E-state index in [1.165, 1.54) is 0 Å². The van der Waals surface area contributed by atoms with E-state index in [2.05, 4.69) is 199 Å². The molecule has 8 aromatic rings. The Morgan fingerprint density at radius 2 is 0.808 bits per heavy atom. The summed E-state index contributed by atoms with van der Waals surface area (Å²) in [7, 11) is 0. The van der Waals surface area contributed by atoms with Crippen LogP contribution in [0.2, 0.25) is 0 Å². The van der Waals surface area contributed by atoms with E-state index in [0.29, 0.717) is 0 Å². The van der Waals surface area contributed by atoms with E-state index in [-0.39, 0.29) is 6.71 Å². The molecule has 0 bridgehead atoms. The molecule has 2 heterocycles. The number of hydrogen-bond acceptors (Lipinski definition) is 3. The van der Waals surface area contributed by atoms with Crippen molar-refractivity contribution in [1.82, 2.24) is 0 Å². The van der Waals surface area contributed by atoms with Crippen molar-refractivity contribution in [3.63, 3.8) is 0 Å². The molecule has 0 aromatic heterocycles. The van der Waals surface area contributed by atoms with Crippen molar-refractivity contribution in [2.75, 3.05) is 4.90 Å². The Morgan fingerprint density at radius 3 is 1.35 bits per heavy atom. The number of rotatable bonds is 6. The smallest absolute Gasteiger partial charge is 0.260 e. The molecule has 0 saturated carbocycles. The van der Waals surface area contributed by atoms with Gasteiger partial charge in [-0.1, -0.05) is 152 Å². The Labute approximate surface area is 304 Å². The molecule has 0 radical (unpaired) electrons. The molecule has 52 heavy (non-hydrogen) atoms. The monoisotopic (exact) mass is 665 g/mol. The first-order valence-corrected chi connectivity index (χ1v) is 17.7. The Balaban J connectivity index is 1.19. The average molecular weight is 666 g/mol. The zero-order chi connectivity index (χ0) is 34.4. The van der Waals surface area contributed by atoms with Gasteiger partial charge in [0.15, 0.2) is 0 Å². The molecule has 244 valence electrons. The molecule has 3 nitrogen and oxygen atoms in total. The second kappa shape index (κ2) is 12.5. The van der Waals surface area contributed by atoms with Crippen LogP contribution >= 0.6 is 0 Å². The quantitative estimate of drug-likeness (QED) is 0.165. The zero-order valence-electron chi connectivity index (χ0n) is 28.3. The van der Waals surface area contributed by atoms with Crippen LogP contribution < -0.4 is 30.8 Å². The van der Waals surface area contributed by atoms with Crippen LogP contribution in [0.1, 0.15) is 0 Å². The van der Waals surface area contributed by atoms with Crippen LogP contribution in [0, 0.1) is 0 Å². The largest absolute Gasteiger partial charge is 0.458 e. The molecular weight excluding hydrogens is 633 g/mol. The SMILES string of the molecule is c1ccc(-c2ccc3c(c2)Oc2cc(N(c4ccccc4)c4ccccc4-c4ccccc4)cc4c2B3c2ccc(-c3ccccc3)cc2O4)cc1. The van der Waals surface area contributed by atoms with Gasteiger partial charge < -0.3 is 14.4 Å². The molecule has 0 amide bonds. The second-order valence-electron chi connectivity index (χ2n) is 13.3. The van der Waals surface area contributed by atoms with Crippen molar-refractivity contribution in [2.45, 2.75) is 0 Å². The molecule has 2 aliphatic rings. The van der Waals surface area contributed by atoms with Crippen molar-refractivity contribution in [2.24, 2.45) is 0 Å². The summed E-state index contributed by atoms with van der Waals surface area (Å²) in [4.78, 5) is 2.31. The van der Waals surface area contributed by atoms with E-state index in [9.17, 15) is 0 Å².